The van der Waals surface area contributed by atoms with E-state index in [1.807, 2.05) is 43.9 Å². The zero-order valence-electron chi connectivity index (χ0n) is 16.8. The van der Waals surface area contributed by atoms with E-state index < -0.39 is 0 Å². The van der Waals surface area contributed by atoms with Crippen molar-refractivity contribution in [3.8, 4) is 0 Å². The van der Waals surface area contributed by atoms with Gasteiger partial charge in [0, 0.05) is 48.5 Å². The van der Waals surface area contributed by atoms with Crippen LogP contribution < -0.4 is 5.32 Å². The van der Waals surface area contributed by atoms with Crippen molar-refractivity contribution < 1.29 is 14.4 Å². The zero-order chi connectivity index (χ0) is 20.5. The number of hydrogen-bond acceptors (Lipinski definition) is 4. The van der Waals surface area contributed by atoms with E-state index in [-0.39, 0.29) is 29.8 Å². The van der Waals surface area contributed by atoms with Gasteiger partial charge in [-0.2, -0.15) is 0 Å². The summed E-state index contributed by atoms with van der Waals surface area (Å²) in [6, 6.07) is 7.28. The summed E-state index contributed by atoms with van der Waals surface area (Å²) in [7, 11) is 0. The summed E-state index contributed by atoms with van der Waals surface area (Å²) in [6.07, 6.45) is 0. The maximum atomic E-state index is 12.7. The first-order chi connectivity index (χ1) is 13.2. The molecular weight excluding hydrogens is 356 g/mol. The van der Waals surface area contributed by atoms with Crippen LogP contribution in [-0.2, 0) is 9.59 Å². The van der Waals surface area contributed by atoms with Crippen molar-refractivity contribution in [3.05, 3.63) is 42.0 Å². The summed E-state index contributed by atoms with van der Waals surface area (Å²) in [4.78, 5) is 42.6. The Kier molecular flexibility index (Phi) is 5.56. The van der Waals surface area contributed by atoms with E-state index in [1.165, 1.54) is 4.90 Å². The molecule has 3 amide bonds. The van der Waals surface area contributed by atoms with Crippen molar-refractivity contribution in [1.82, 2.24) is 20.0 Å². The largest absolute Gasteiger partial charge is 0.350 e. The molecule has 1 saturated heterocycles. The van der Waals surface area contributed by atoms with Crippen LogP contribution >= 0.6 is 0 Å². The van der Waals surface area contributed by atoms with Gasteiger partial charge in [0.1, 0.15) is 6.54 Å². The molecule has 0 radical (unpaired) electrons. The van der Waals surface area contributed by atoms with Crippen molar-refractivity contribution in [2.75, 3.05) is 39.3 Å². The quantitative estimate of drug-likeness (QED) is 0.846. The number of carbonyl (C=O) groups is 3. The average molecular weight is 384 g/mol. The SMILES string of the molecule is C=C1c2ccccc2C(=O)N1CC(=O)N1CCN(CC(=O)NC(C)(C)C)CC1. The fourth-order valence-electron chi connectivity index (χ4n) is 3.55. The predicted octanol–water partition coefficient (Wildman–Crippen LogP) is 1.17. The summed E-state index contributed by atoms with van der Waals surface area (Å²) in [5.41, 5.74) is 1.70. The van der Waals surface area contributed by atoms with Crippen LogP contribution in [0.2, 0.25) is 0 Å². The van der Waals surface area contributed by atoms with Gasteiger partial charge >= 0.3 is 0 Å². The monoisotopic (exact) mass is 384 g/mol. The van der Waals surface area contributed by atoms with Crippen molar-refractivity contribution in [2.45, 2.75) is 26.3 Å². The lowest BCUT2D eigenvalue weighted by Gasteiger charge is -2.35. The molecule has 150 valence electrons. The van der Waals surface area contributed by atoms with Gasteiger partial charge in [-0.05, 0) is 26.8 Å². The molecule has 1 aromatic rings. The maximum Gasteiger partial charge on any atom is 0.259 e. The van der Waals surface area contributed by atoms with Crippen LogP contribution in [0.5, 0.6) is 0 Å². The molecule has 1 aromatic carbocycles. The number of carbonyl (C=O) groups excluding carboxylic acids is 3. The molecular formula is C21H28N4O3. The Morgan fingerprint density at radius 2 is 1.64 bits per heavy atom. The first-order valence-electron chi connectivity index (χ1n) is 9.57. The highest BCUT2D eigenvalue weighted by Gasteiger charge is 2.33. The highest BCUT2D eigenvalue weighted by Crippen LogP contribution is 2.30. The van der Waals surface area contributed by atoms with Gasteiger partial charge in [0.15, 0.2) is 0 Å². The fourth-order valence-corrected chi connectivity index (χ4v) is 3.55. The van der Waals surface area contributed by atoms with Crippen LogP contribution in [0, 0.1) is 0 Å². The van der Waals surface area contributed by atoms with Crippen LogP contribution in [0.15, 0.2) is 30.8 Å². The third-order valence-electron chi connectivity index (χ3n) is 4.94. The van der Waals surface area contributed by atoms with E-state index in [2.05, 4.69) is 11.9 Å². The van der Waals surface area contributed by atoms with E-state index >= 15 is 0 Å². The Bertz CT molecular complexity index is 769. The Morgan fingerprint density at radius 1 is 1.04 bits per heavy atom. The zero-order valence-corrected chi connectivity index (χ0v) is 16.8. The normalized spacial score (nSPS) is 17.7. The van der Waals surface area contributed by atoms with Crippen LogP contribution in [0.3, 0.4) is 0 Å². The predicted molar refractivity (Wildman–Crippen MR) is 107 cm³/mol. The summed E-state index contributed by atoms with van der Waals surface area (Å²) < 4.78 is 0. The minimum atomic E-state index is -0.253. The topological polar surface area (TPSA) is 73.0 Å². The number of piperazine rings is 1. The van der Waals surface area contributed by atoms with Crippen molar-refractivity contribution in [2.24, 2.45) is 0 Å². The minimum absolute atomic E-state index is 0.00312. The molecule has 0 unspecified atom stereocenters. The van der Waals surface area contributed by atoms with E-state index in [9.17, 15) is 14.4 Å². The Hall–Kier alpha value is -2.67. The molecule has 0 bridgehead atoms. The average Bonchev–Trinajstić information content (AvgIpc) is 2.86. The molecule has 2 aliphatic rings. The summed E-state index contributed by atoms with van der Waals surface area (Å²) in [6.45, 7) is 12.5. The van der Waals surface area contributed by atoms with E-state index in [0.29, 0.717) is 44.0 Å². The molecule has 28 heavy (non-hydrogen) atoms. The fraction of sp³-hybridized carbons (Fsp3) is 0.476. The number of amides is 3. The van der Waals surface area contributed by atoms with Crippen molar-refractivity contribution in [1.29, 1.82) is 0 Å². The van der Waals surface area contributed by atoms with Gasteiger partial charge in [0.2, 0.25) is 11.8 Å². The smallest absolute Gasteiger partial charge is 0.259 e. The molecule has 0 aliphatic carbocycles. The lowest BCUT2D eigenvalue weighted by molar-refractivity contribution is -0.133. The third kappa shape index (κ3) is 4.42. The van der Waals surface area contributed by atoms with Gasteiger partial charge in [-0.25, -0.2) is 0 Å². The number of benzene rings is 1. The second-order valence-corrected chi connectivity index (χ2v) is 8.34. The lowest BCUT2D eigenvalue weighted by atomic mass is 10.1. The highest BCUT2D eigenvalue weighted by atomic mass is 16.2. The van der Waals surface area contributed by atoms with Crippen molar-refractivity contribution >= 4 is 23.4 Å². The first-order valence-corrected chi connectivity index (χ1v) is 9.57. The molecule has 0 aromatic heterocycles. The molecule has 1 N–H and O–H groups in total. The van der Waals surface area contributed by atoms with Gasteiger partial charge in [-0.1, -0.05) is 24.8 Å². The van der Waals surface area contributed by atoms with Gasteiger partial charge in [0.25, 0.3) is 5.91 Å². The molecule has 0 atom stereocenters. The van der Waals surface area contributed by atoms with Gasteiger partial charge in [-0.3, -0.25) is 24.2 Å². The van der Waals surface area contributed by atoms with Gasteiger partial charge < -0.3 is 10.2 Å². The van der Waals surface area contributed by atoms with E-state index in [0.717, 1.165) is 5.56 Å². The summed E-state index contributed by atoms with van der Waals surface area (Å²) >= 11 is 0. The van der Waals surface area contributed by atoms with Crippen LogP contribution in [-0.4, -0.2) is 77.2 Å². The molecule has 7 nitrogen and oxygen atoms in total. The number of nitrogens with zero attached hydrogens (tertiary/aromatic N) is 3. The molecule has 2 heterocycles. The Morgan fingerprint density at radius 3 is 2.21 bits per heavy atom. The molecule has 0 saturated carbocycles. The number of rotatable bonds is 4. The maximum absolute atomic E-state index is 12.7. The van der Waals surface area contributed by atoms with E-state index in [4.69, 9.17) is 0 Å². The third-order valence-corrected chi connectivity index (χ3v) is 4.94. The lowest BCUT2D eigenvalue weighted by Crippen LogP contribution is -2.54. The molecule has 0 spiro atoms. The van der Waals surface area contributed by atoms with Gasteiger partial charge in [0.05, 0.1) is 6.54 Å². The second kappa shape index (κ2) is 7.75. The summed E-state index contributed by atoms with van der Waals surface area (Å²) in [5.74, 6) is -0.281. The number of fused-ring (bicyclic) bond motifs is 1. The summed E-state index contributed by atoms with van der Waals surface area (Å²) in [5, 5.41) is 2.95. The van der Waals surface area contributed by atoms with Crippen molar-refractivity contribution in [3.63, 3.8) is 0 Å². The molecule has 2 aliphatic heterocycles. The molecule has 1 fully saturated rings. The van der Waals surface area contributed by atoms with Crippen LogP contribution in [0.4, 0.5) is 0 Å². The highest BCUT2D eigenvalue weighted by molar-refractivity contribution is 6.10. The first kappa shape index (κ1) is 20.1. The molecule has 7 heteroatoms. The number of hydrogen-bond donors (Lipinski definition) is 1. The van der Waals surface area contributed by atoms with Gasteiger partial charge in [-0.15, -0.1) is 0 Å². The van der Waals surface area contributed by atoms with Crippen LogP contribution in [0.25, 0.3) is 5.70 Å². The van der Waals surface area contributed by atoms with Crippen LogP contribution in [0.1, 0.15) is 36.7 Å². The molecule has 3 rings (SSSR count). The Labute approximate surface area is 166 Å². The Balaban J connectivity index is 1.51. The second-order valence-electron chi connectivity index (χ2n) is 8.34. The standard InChI is InChI=1S/C21H28N4O3/c1-15-16-7-5-6-8-17(16)20(28)25(15)14-19(27)24-11-9-23(10-12-24)13-18(26)22-21(2,3)4/h5-8H,1,9-14H2,2-4H3,(H,22,26). The minimum Gasteiger partial charge on any atom is -0.350 e. The number of nitrogens with one attached hydrogen (secondary N) is 1. The van der Waals surface area contributed by atoms with E-state index in [1.54, 1.807) is 11.0 Å².